The monoisotopic (exact) mass is 612 g/mol. The maximum absolute atomic E-state index is 13.8. The molecule has 0 saturated heterocycles. The first-order valence-electron chi connectivity index (χ1n) is 12.3. The minimum absolute atomic E-state index is 0.0300. The molecule has 4 aromatic rings. The molecule has 0 amide bonds. The Balaban J connectivity index is 1.57. The average Bonchev–Trinajstić information content (AvgIpc) is 3.59. The number of hydrogen-bond donors (Lipinski definition) is 0. The summed E-state index contributed by atoms with van der Waals surface area (Å²) in [5, 5.41) is 0.756. The van der Waals surface area contributed by atoms with Crippen LogP contribution in [-0.2, 0) is 14.3 Å². The van der Waals surface area contributed by atoms with Crippen molar-refractivity contribution in [3.05, 3.63) is 119 Å². The van der Waals surface area contributed by atoms with E-state index in [0.717, 1.165) is 0 Å². The molecule has 0 saturated carbocycles. The van der Waals surface area contributed by atoms with Crippen molar-refractivity contribution in [2.45, 2.75) is 13.0 Å². The standard InChI is InChI=1S/C29H22Cl2N2O7S/c1-16-24(28(36)39-13-12-37-2)25(18-6-8-19(9-7-18)40-27(35)22-4-3-11-38-22)33-26(34)23(41-29(33)32-16)15-17-5-10-20(30)21(31)14-17/h3-11,14-15,25H,12-13H2,1-2H3/b23-15+/t25-/m1/s1. The lowest BCUT2D eigenvalue weighted by molar-refractivity contribution is -0.140. The fraction of sp³-hybridized carbons (Fsp3) is 0.172. The fourth-order valence-electron chi connectivity index (χ4n) is 4.22. The number of thiazole rings is 1. The molecule has 0 bridgehead atoms. The number of allylic oxidation sites excluding steroid dienone is 1. The van der Waals surface area contributed by atoms with Crippen molar-refractivity contribution in [1.82, 2.24) is 4.57 Å². The molecule has 0 spiro atoms. The predicted octanol–water partition coefficient (Wildman–Crippen LogP) is 4.54. The molecular weight excluding hydrogens is 591 g/mol. The van der Waals surface area contributed by atoms with Crippen molar-refractivity contribution in [2.75, 3.05) is 20.3 Å². The molecule has 2 aromatic carbocycles. The van der Waals surface area contributed by atoms with Crippen molar-refractivity contribution < 1.29 is 28.2 Å². The summed E-state index contributed by atoms with van der Waals surface area (Å²) in [7, 11) is 1.50. The summed E-state index contributed by atoms with van der Waals surface area (Å²) in [4.78, 5) is 44.3. The third-order valence-electron chi connectivity index (χ3n) is 6.13. The van der Waals surface area contributed by atoms with Crippen molar-refractivity contribution in [1.29, 1.82) is 0 Å². The topological polar surface area (TPSA) is 109 Å². The quantitative estimate of drug-likeness (QED) is 0.163. The molecule has 5 rings (SSSR count). The molecule has 0 aliphatic carbocycles. The van der Waals surface area contributed by atoms with Gasteiger partial charge in [-0.05, 0) is 60.5 Å². The SMILES string of the molecule is COCCOC(=O)C1=C(C)N=c2s/c(=C/c3ccc(Cl)c(Cl)c3)c(=O)n2[C@@H]1c1ccc(OC(=O)c2ccco2)cc1. The molecule has 210 valence electrons. The van der Waals surface area contributed by atoms with E-state index in [1.165, 1.54) is 35.3 Å². The van der Waals surface area contributed by atoms with Crippen LogP contribution < -0.4 is 19.6 Å². The second kappa shape index (κ2) is 12.3. The van der Waals surface area contributed by atoms with Crippen LogP contribution >= 0.6 is 34.5 Å². The van der Waals surface area contributed by atoms with Crippen LogP contribution in [0, 0.1) is 0 Å². The van der Waals surface area contributed by atoms with E-state index in [4.69, 9.17) is 41.8 Å². The van der Waals surface area contributed by atoms with Gasteiger partial charge in [-0.25, -0.2) is 14.6 Å². The number of rotatable bonds is 8. The molecule has 3 heterocycles. The molecule has 1 atom stereocenters. The highest BCUT2D eigenvalue weighted by molar-refractivity contribution is 7.07. The first kappa shape index (κ1) is 28.6. The Morgan fingerprint density at radius 3 is 2.54 bits per heavy atom. The van der Waals surface area contributed by atoms with Gasteiger partial charge in [0.25, 0.3) is 5.56 Å². The highest BCUT2D eigenvalue weighted by atomic mass is 35.5. The van der Waals surface area contributed by atoms with Crippen molar-refractivity contribution in [3.8, 4) is 5.75 Å². The number of hydrogen-bond acceptors (Lipinski definition) is 9. The maximum Gasteiger partial charge on any atom is 0.379 e. The van der Waals surface area contributed by atoms with Gasteiger partial charge in [0, 0.05) is 7.11 Å². The lowest BCUT2D eigenvalue weighted by Gasteiger charge is -2.25. The summed E-state index contributed by atoms with van der Waals surface area (Å²) in [5.41, 5.74) is 1.52. The van der Waals surface area contributed by atoms with E-state index in [-0.39, 0.29) is 35.9 Å². The van der Waals surface area contributed by atoms with Gasteiger partial charge in [0.05, 0.1) is 44.8 Å². The molecule has 41 heavy (non-hydrogen) atoms. The summed E-state index contributed by atoms with van der Waals surface area (Å²) >= 11 is 13.4. The molecule has 0 fully saturated rings. The summed E-state index contributed by atoms with van der Waals surface area (Å²) in [6.07, 6.45) is 3.06. The lowest BCUT2D eigenvalue weighted by Crippen LogP contribution is -2.40. The van der Waals surface area contributed by atoms with Crippen molar-refractivity contribution in [3.63, 3.8) is 0 Å². The van der Waals surface area contributed by atoms with Gasteiger partial charge in [-0.3, -0.25) is 9.36 Å². The van der Waals surface area contributed by atoms with Gasteiger partial charge in [-0.15, -0.1) is 0 Å². The zero-order valence-electron chi connectivity index (χ0n) is 21.8. The van der Waals surface area contributed by atoms with Gasteiger partial charge in [-0.2, -0.15) is 0 Å². The number of fused-ring (bicyclic) bond motifs is 1. The van der Waals surface area contributed by atoms with E-state index < -0.39 is 18.0 Å². The van der Waals surface area contributed by atoms with E-state index in [1.807, 2.05) is 0 Å². The van der Waals surface area contributed by atoms with Gasteiger partial charge in [0.2, 0.25) is 5.76 Å². The van der Waals surface area contributed by atoms with Crippen LogP contribution in [0.15, 0.2) is 86.3 Å². The summed E-state index contributed by atoms with van der Waals surface area (Å²) in [5.74, 6) is -0.966. The molecule has 1 aliphatic rings. The van der Waals surface area contributed by atoms with E-state index in [2.05, 4.69) is 4.99 Å². The molecule has 2 aromatic heterocycles. The molecule has 0 radical (unpaired) electrons. The molecule has 1 aliphatic heterocycles. The number of methoxy groups -OCH3 is 1. The first-order valence-corrected chi connectivity index (χ1v) is 13.8. The summed E-state index contributed by atoms with van der Waals surface area (Å²) < 4.78 is 22.7. The largest absolute Gasteiger partial charge is 0.460 e. The second-order valence-corrected chi connectivity index (χ2v) is 10.6. The van der Waals surface area contributed by atoms with Gasteiger partial charge in [0.15, 0.2) is 4.80 Å². The smallest absolute Gasteiger partial charge is 0.379 e. The lowest BCUT2D eigenvalue weighted by atomic mass is 9.96. The number of carbonyl (C=O) groups excluding carboxylic acids is 2. The van der Waals surface area contributed by atoms with Crippen LogP contribution in [0.25, 0.3) is 6.08 Å². The van der Waals surface area contributed by atoms with E-state index in [9.17, 15) is 14.4 Å². The van der Waals surface area contributed by atoms with Crippen LogP contribution in [0.2, 0.25) is 10.0 Å². The minimum atomic E-state index is -0.855. The van der Waals surface area contributed by atoms with Gasteiger partial charge in [0.1, 0.15) is 12.4 Å². The Bertz CT molecular complexity index is 1820. The van der Waals surface area contributed by atoms with E-state index in [0.29, 0.717) is 36.2 Å². The maximum atomic E-state index is 13.8. The summed E-state index contributed by atoms with van der Waals surface area (Å²) in [6, 6.07) is 13.8. The number of furan rings is 1. The van der Waals surface area contributed by atoms with E-state index >= 15 is 0 Å². The zero-order valence-corrected chi connectivity index (χ0v) is 24.1. The number of esters is 2. The number of aromatic nitrogens is 1. The van der Waals surface area contributed by atoms with Crippen LogP contribution in [0.3, 0.4) is 0 Å². The van der Waals surface area contributed by atoms with Crippen LogP contribution in [-0.4, -0.2) is 36.8 Å². The summed E-state index contributed by atoms with van der Waals surface area (Å²) in [6.45, 7) is 1.93. The first-order chi connectivity index (χ1) is 19.8. The second-order valence-electron chi connectivity index (χ2n) is 8.82. The number of halogens is 2. The Kier molecular flexibility index (Phi) is 8.55. The molecule has 0 unspecified atom stereocenters. The molecule has 9 nitrogen and oxygen atoms in total. The normalized spacial score (nSPS) is 14.9. The van der Waals surface area contributed by atoms with Gasteiger partial charge in [-0.1, -0.05) is 52.7 Å². The van der Waals surface area contributed by atoms with Crippen LogP contribution in [0.1, 0.15) is 34.6 Å². The van der Waals surface area contributed by atoms with Crippen LogP contribution in [0.4, 0.5) is 0 Å². The Hall–Kier alpha value is -3.96. The number of ether oxygens (including phenoxy) is 3. The molecule has 0 N–H and O–H groups in total. The molecule has 12 heteroatoms. The van der Waals surface area contributed by atoms with Crippen molar-refractivity contribution >= 4 is 52.6 Å². The van der Waals surface area contributed by atoms with E-state index in [1.54, 1.807) is 61.5 Å². The van der Waals surface area contributed by atoms with Gasteiger partial charge >= 0.3 is 11.9 Å². The number of benzene rings is 2. The number of carbonyl (C=O) groups is 2. The van der Waals surface area contributed by atoms with Crippen molar-refractivity contribution in [2.24, 2.45) is 4.99 Å². The minimum Gasteiger partial charge on any atom is -0.460 e. The highest BCUT2D eigenvalue weighted by Crippen LogP contribution is 2.32. The average molecular weight is 613 g/mol. The van der Waals surface area contributed by atoms with Crippen LogP contribution in [0.5, 0.6) is 5.75 Å². The molecular formula is C29H22Cl2N2O7S. The highest BCUT2D eigenvalue weighted by Gasteiger charge is 2.33. The Morgan fingerprint density at radius 1 is 1.07 bits per heavy atom. The fourth-order valence-corrected chi connectivity index (χ4v) is 5.57. The zero-order chi connectivity index (χ0) is 29.1. The third-order valence-corrected chi connectivity index (χ3v) is 7.85. The Labute approximate surface area is 247 Å². The predicted molar refractivity (Wildman–Crippen MR) is 153 cm³/mol. The number of nitrogens with zero attached hydrogens (tertiary/aromatic N) is 2. The Morgan fingerprint density at radius 2 is 1.85 bits per heavy atom. The van der Waals surface area contributed by atoms with Gasteiger partial charge < -0.3 is 18.6 Å². The third kappa shape index (κ3) is 6.06.